The molecule has 1 saturated heterocycles. The van der Waals surface area contributed by atoms with E-state index in [1.165, 1.54) is 28.2 Å². The Morgan fingerprint density at radius 2 is 1.93 bits per heavy atom. The quantitative estimate of drug-likeness (QED) is 0.372. The molecule has 3 rings (SSSR count). The Kier molecular flexibility index (Phi) is 6.95. The van der Waals surface area contributed by atoms with Crippen LogP contribution in [0.15, 0.2) is 52.3 Å². The van der Waals surface area contributed by atoms with Crippen molar-refractivity contribution in [2.45, 2.75) is 22.6 Å². The standard InChI is InChI=1S/C19H21N3O6S2/c1-29-18-7-3-2-6-15(18)20-19(23)13-28-17-9-8-14(12-16(17)22(24)25)30(26,27)21-10-4-5-11-21/h2-3,6-9,12H,4-5,10-11,13H2,1H3,(H,20,23). The van der Waals surface area contributed by atoms with Gasteiger partial charge in [0, 0.05) is 24.1 Å². The second-order valence-corrected chi connectivity index (χ2v) is 9.32. The number of nitrogens with zero attached hydrogens (tertiary/aromatic N) is 2. The van der Waals surface area contributed by atoms with E-state index in [0.717, 1.165) is 23.8 Å². The predicted octanol–water partition coefficient (Wildman–Crippen LogP) is 3.12. The minimum absolute atomic E-state index is 0.165. The highest BCUT2D eigenvalue weighted by Crippen LogP contribution is 2.32. The third-order valence-electron chi connectivity index (χ3n) is 4.57. The number of nitro groups is 1. The molecule has 0 saturated carbocycles. The largest absolute Gasteiger partial charge is 0.477 e. The molecule has 0 atom stereocenters. The van der Waals surface area contributed by atoms with Crippen LogP contribution < -0.4 is 10.1 Å². The van der Waals surface area contributed by atoms with Gasteiger partial charge in [0.1, 0.15) is 0 Å². The molecule has 0 spiro atoms. The number of nitro benzene ring substituents is 1. The summed E-state index contributed by atoms with van der Waals surface area (Å²) >= 11 is 1.47. The SMILES string of the molecule is CSc1ccccc1NC(=O)COc1ccc(S(=O)(=O)N2CCCC2)cc1[N+](=O)[O-]. The highest BCUT2D eigenvalue weighted by molar-refractivity contribution is 7.98. The number of nitrogens with one attached hydrogen (secondary N) is 1. The number of amides is 1. The second-order valence-electron chi connectivity index (χ2n) is 6.53. The third-order valence-corrected chi connectivity index (χ3v) is 7.26. The van der Waals surface area contributed by atoms with E-state index in [-0.39, 0.29) is 10.6 Å². The zero-order valence-electron chi connectivity index (χ0n) is 16.2. The summed E-state index contributed by atoms with van der Waals surface area (Å²) in [5.41, 5.74) is 0.104. The molecule has 0 aromatic heterocycles. The molecule has 0 bridgehead atoms. The first kappa shape index (κ1) is 22.1. The van der Waals surface area contributed by atoms with Crippen LogP contribution in [0.3, 0.4) is 0 Å². The van der Waals surface area contributed by atoms with Crippen LogP contribution >= 0.6 is 11.8 Å². The van der Waals surface area contributed by atoms with Gasteiger partial charge in [-0.25, -0.2) is 8.42 Å². The first-order valence-electron chi connectivity index (χ1n) is 9.17. The maximum atomic E-state index is 12.6. The van der Waals surface area contributed by atoms with E-state index < -0.39 is 33.1 Å². The van der Waals surface area contributed by atoms with Crippen molar-refractivity contribution in [3.05, 3.63) is 52.6 Å². The van der Waals surface area contributed by atoms with E-state index in [0.29, 0.717) is 18.8 Å². The van der Waals surface area contributed by atoms with Crippen LogP contribution in [0.25, 0.3) is 0 Å². The average molecular weight is 452 g/mol. The molecule has 1 aliphatic heterocycles. The molecular weight excluding hydrogens is 430 g/mol. The summed E-state index contributed by atoms with van der Waals surface area (Å²) in [6, 6.07) is 10.7. The van der Waals surface area contributed by atoms with Crippen molar-refractivity contribution in [1.29, 1.82) is 0 Å². The maximum Gasteiger partial charge on any atom is 0.312 e. The van der Waals surface area contributed by atoms with Gasteiger partial charge in [-0.3, -0.25) is 14.9 Å². The highest BCUT2D eigenvalue weighted by Gasteiger charge is 2.30. The smallest absolute Gasteiger partial charge is 0.312 e. The normalized spacial score (nSPS) is 14.4. The van der Waals surface area contributed by atoms with Crippen molar-refractivity contribution in [3.8, 4) is 5.75 Å². The monoisotopic (exact) mass is 451 g/mol. The van der Waals surface area contributed by atoms with Crippen LogP contribution in [-0.4, -0.2) is 49.5 Å². The lowest BCUT2D eigenvalue weighted by Gasteiger charge is -2.16. The van der Waals surface area contributed by atoms with Gasteiger partial charge in [-0.2, -0.15) is 4.31 Å². The lowest BCUT2D eigenvalue weighted by molar-refractivity contribution is -0.386. The number of ether oxygens (including phenoxy) is 1. The van der Waals surface area contributed by atoms with Crippen molar-refractivity contribution >= 4 is 39.1 Å². The summed E-state index contributed by atoms with van der Waals surface area (Å²) in [7, 11) is -3.80. The second kappa shape index (κ2) is 9.45. The summed E-state index contributed by atoms with van der Waals surface area (Å²) < 4.78 is 31.9. The maximum absolute atomic E-state index is 12.6. The zero-order valence-corrected chi connectivity index (χ0v) is 17.9. The number of para-hydroxylation sites is 1. The first-order valence-corrected chi connectivity index (χ1v) is 11.8. The fraction of sp³-hybridized carbons (Fsp3) is 0.316. The molecule has 160 valence electrons. The van der Waals surface area contributed by atoms with Crippen LogP contribution in [0.4, 0.5) is 11.4 Å². The molecule has 0 unspecified atom stereocenters. The number of carbonyl (C=O) groups excluding carboxylic acids is 1. The molecule has 11 heteroatoms. The van der Waals surface area contributed by atoms with Crippen LogP contribution in [-0.2, 0) is 14.8 Å². The van der Waals surface area contributed by atoms with E-state index in [2.05, 4.69) is 5.32 Å². The summed E-state index contributed by atoms with van der Waals surface area (Å²) in [5.74, 6) is -0.659. The number of hydrogen-bond donors (Lipinski definition) is 1. The van der Waals surface area contributed by atoms with E-state index in [9.17, 15) is 23.3 Å². The Hall–Kier alpha value is -2.63. The Bertz CT molecular complexity index is 1050. The average Bonchev–Trinajstić information content (AvgIpc) is 3.28. The van der Waals surface area contributed by atoms with Crippen LogP contribution in [0.2, 0.25) is 0 Å². The number of hydrogen-bond acceptors (Lipinski definition) is 7. The summed E-state index contributed by atoms with van der Waals surface area (Å²) in [5, 5.41) is 14.2. The molecule has 1 aliphatic rings. The van der Waals surface area contributed by atoms with Crippen molar-refractivity contribution in [3.63, 3.8) is 0 Å². The molecule has 2 aromatic carbocycles. The van der Waals surface area contributed by atoms with E-state index in [4.69, 9.17) is 4.74 Å². The Labute approximate surface area is 178 Å². The molecule has 1 amide bonds. The molecule has 1 N–H and O–H groups in total. The van der Waals surface area contributed by atoms with Gasteiger partial charge in [0.25, 0.3) is 5.91 Å². The molecular formula is C19H21N3O6S2. The molecule has 30 heavy (non-hydrogen) atoms. The van der Waals surface area contributed by atoms with E-state index in [1.54, 1.807) is 12.1 Å². The number of sulfonamides is 1. The van der Waals surface area contributed by atoms with Crippen molar-refractivity contribution < 1.29 is 22.9 Å². The first-order chi connectivity index (χ1) is 14.3. The molecule has 1 fully saturated rings. The Morgan fingerprint density at radius 3 is 2.60 bits per heavy atom. The van der Waals surface area contributed by atoms with Crippen molar-refractivity contribution in [2.75, 3.05) is 31.3 Å². The van der Waals surface area contributed by atoms with Crippen molar-refractivity contribution in [1.82, 2.24) is 4.31 Å². The van der Waals surface area contributed by atoms with Crippen LogP contribution in [0, 0.1) is 10.1 Å². The molecule has 1 heterocycles. The van der Waals surface area contributed by atoms with Crippen molar-refractivity contribution in [2.24, 2.45) is 0 Å². The lowest BCUT2D eigenvalue weighted by atomic mass is 10.3. The van der Waals surface area contributed by atoms with Crippen LogP contribution in [0.5, 0.6) is 5.75 Å². The van der Waals surface area contributed by atoms with Crippen LogP contribution in [0.1, 0.15) is 12.8 Å². The fourth-order valence-electron chi connectivity index (χ4n) is 3.08. The molecule has 0 radical (unpaired) electrons. The summed E-state index contributed by atoms with van der Waals surface area (Å²) in [4.78, 5) is 23.7. The number of carbonyl (C=O) groups is 1. The van der Waals surface area contributed by atoms with Gasteiger partial charge in [0.05, 0.1) is 15.5 Å². The molecule has 2 aromatic rings. The number of benzene rings is 2. The van der Waals surface area contributed by atoms with Gasteiger partial charge in [-0.15, -0.1) is 11.8 Å². The minimum atomic E-state index is -3.80. The summed E-state index contributed by atoms with van der Waals surface area (Å²) in [6.45, 7) is 0.333. The lowest BCUT2D eigenvalue weighted by Crippen LogP contribution is -2.28. The van der Waals surface area contributed by atoms with Gasteiger partial charge < -0.3 is 10.1 Å². The third kappa shape index (κ3) is 4.91. The van der Waals surface area contributed by atoms with Gasteiger partial charge in [0.2, 0.25) is 10.0 Å². The molecule has 0 aliphatic carbocycles. The predicted molar refractivity (Wildman–Crippen MR) is 113 cm³/mol. The number of rotatable bonds is 8. The van der Waals surface area contributed by atoms with Gasteiger partial charge in [-0.1, -0.05) is 12.1 Å². The minimum Gasteiger partial charge on any atom is -0.477 e. The highest BCUT2D eigenvalue weighted by atomic mass is 32.2. The van der Waals surface area contributed by atoms with Gasteiger partial charge >= 0.3 is 5.69 Å². The summed E-state index contributed by atoms with van der Waals surface area (Å²) in [6.07, 6.45) is 3.40. The number of thioether (sulfide) groups is 1. The van der Waals surface area contributed by atoms with Gasteiger partial charge in [0.15, 0.2) is 12.4 Å². The van der Waals surface area contributed by atoms with E-state index >= 15 is 0 Å². The van der Waals surface area contributed by atoms with Gasteiger partial charge in [-0.05, 0) is 43.4 Å². The number of anilines is 1. The fourth-order valence-corrected chi connectivity index (χ4v) is 5.17. The molecule has 9 nitrogen and oxygen atoms in total. The van der Waals surface area contributed by atoms with E-state index in [1.807, 2.05) is 18.4 Å². The zero-order chi connectivity index (χ0) is 21.7. The Balaban J connectivity index is 1.74. The topological polar surface area (TPSA) is 119 Å². The Morgan fingerprint density at radius 1 is 1.23 bits per heavy atom.